The predicted octanol–water partition coefficient (Wildman–Crippen LogP) is 4.29. The normalized spacial score (nSPS) is 18.8. The molecule has 0 bridgehead atoms. The van der Waals surface area contributed by atoms with Gasteiger partial charge in [0.05, 0.1) is 5.56 Å². The summed E-state index contributed by atoms with van der Waals surface area (Å²) in [4.78, 5) is 14.7. The lowest BCUT2D eigenvalue weighted by Crippen LogP contribution is -2.51. The molecule has 4 rings (SSSR count). The molecular weight excluding hydrogens is 413 g/mol. The minimum Gasteiger partial charge on any atom is -0.487 e. The maximum absolute atomic E-state index is 12.8. The Morgan fingerprint density at radius 1 is 1.00 bits per heavy atom. The maximum atomic E-state index is 12.8. The molecule has 2 heterocycles. The molecule has 2 aromatic carbocycles. The first-order chi connectivity index (χ1) is 11.7. The van der Waals surface area contributed by atoms with Gasteiger partial charge in [0.25, 0.3) is 5.91 Å². The minimum atomic E-state index is -0.0883. The summed E-state index contributed by atoms with van der Waals surface area (Å²) in [6.45, 7) is 1.54. The van der Waals surface area contributed by atoms with Gasteiger partial charge in [-0.1, -0.05) is 30.3 Å². The summed E-state index contributed by atoms with van der Waals surface area (Å²) in [5.41, 5.74) is 2.03. The fourth-order valence-electron chi connectivity index (χ4n) is 3.73. The highest BCUT2D eigenvalue weighted by atomic mass is 127. The number of hydrogen-bond donors (Lipinski definition) is 0. The molecule has 0 radical (unpaired) electrons. The molecule has 0 unspecified atom stereocenters. The van der Waals surface area contributed by atoms with Crippen LogP contribution in [0.3, 0.4) is 0 Å². The smallest absolute Gasteiger partial charge is 0.254 e. The van der Waals surface area contributed by atoms with E-state index in [0.29, 0.717) is 0 Å². The molecule has 3 nitrogen and oxygen atoms in total. The lowest BCUT2D eigenvalue weighted by Gasteiger charge is -2.44. The van der Waals surface area contributed by atoms with Gasteiger partial charge in [0, 0.05) is 29.5 Å². The van der Waals surface area contributed by atoms with Gasteiger partial charge in [0.15, 0.2) is 0 Å². The molecule has 2 aliphatic heterocycles. The number of para-hydroxylation sites is 1. The van der Waals surface area contributed by atoms with Gasteiger partial charge >= 0.3 is 0 Å². The number of nitrogens with zero attached hydrogens (tertiary/aromatic N) is 1. The SMILES string of the molecule is O=C(c1ccccc1I)N1CCC2(CCc3ccccc3O2)CC1. The second-order valence-corrected chi connectivity index (χ2v) is 7.83. The van der Waals surface area contributed by atoms with E-state index in [1.165, 1.54) is 5.56 Å². The Balaban J connectivity index is 1.46. The van der Waals surface area contributed by atoms with Crippen LogP contribution in [0.25, 0.3) is 0 Å². The Labute approximate surface area is 156 Å². The van der Waals surface area contributed by atoms with Crippen LogP contribution in [0.2, 0.25) is 0 Å². The third kappa shape index (κ3) is 2.92. The number of hydrogen-bond acceptors (Lipinski definition) is 2. The van der Waals surface area contributed by atoms with E-state index < -0.39 is 0 Å². The number of amides is 1. The lowest BCUT2D eigenvalue weighted by molar-refractivity contribution is -0.0107. The Morgan fingerprint density at radius 3 is 2.50 bits per heavy atom. The van der Waals surface area contributed by atoms with E-state index in [0.717, 1.165) is 53.7 Å². The van der Waals surface area contributed by atoms with Crippen molar-refractivity contribution >= 4 is 28.5 Å². The van der Waals surface area contributed by atoms with Crippen LogP contribution in [-0.4, -0.2) is 29.5 Å². The number of halogens is 1. The average molecular weight is 433 g/mol. The Bertz CT molecular complexity index is 766. The van der Waals surface area contributed by atoms with E-state index in [4.69, 9.17) is 4.74 Å². The van der Waals surface area contributed by atoms with Crippen molar-refractivity contribution in [1.82, 2.24) is 4.90 Å². The molecule has 2 aromatic rings. The molecule has 124 valence electrons. The standard InChI is InChI=1S/C20H20INO2/c21-17-7-3-2-6-16(17)19(23)22-13-11-20(12-14-22)10-9-15-5-1-4-8-18(15)24-20/h1-8H,9-14H2. The number of carbonyl (C=O) groups is 1. The van der Waals surface area contributed by atoms with Crippen molar-refractivity contribution in [3.05, 3.63) is 63.2 Å². The molecular formula is C20H20INO2. The maximum Gasteiger partial charge on any atom is 0.254 e. The highest BCUT2D eigenvalue weighted by molar-refractivity contribution is 14.1. The van der Waals surface area contributed by atoms with Crippen LogP contribution in [0.1, 0.15) is 35.2 Å². The summed E-state index contributed by atoms with van der Waals surface area (Å²) in [6, 6.07) is 16.1. The Hall–Kier alpha value is -1.56. The number of fused-ring (bicyclic) bond motifs is 1. The monoisotopic (exact) mass is 433 g/mol. The van der Waals surface area contributed by atoms with Gasteiger partial charge < -0.3 is 9.64 Å². The number of benzene rings is 2. The summed E-state index contributed by atoms with van der Waals surface area (Å²) in [5, 5.41) is 0. The third-order valence-electron chi connectivity index (χ3n) is 5.22. The second-order valence-electron chi connectivity index (χ2n) is 6.66. The van der Waals surface area contributed by atoms with E-state index in [-0.39, 0.29) is 11.5 Å². The number of likely N-dealkylation sites (tertiary alicyclic amines) is 1. The number of ether oxygens (including phenoxy) is 1. The number of piperidine rings is 1. The Kier molecular flexibility index (Phi) is 4.24. The molecule has 0 atom stereocenters. The zero-order chi connectivity index (χ0) is 16.6. The molecule has 1 spiro atoms. The highest BCUT2D eigenvalue weighted by Crippen LogP contribution is 2.39. The number of aryl methyl sites for hydroxylation is 1. The largest absolute Gasteiger partial charge is 0.487 e. The van der Waals surface area contributed by atoms with Gasteiger partial charge in [-0.25, -0.2) is 0 Å². The summed E-state index contributed by atoms with van der Waals surface area (Å²) < 4.78 is 7.40. The lowest BCUT2D eigenvalue weighted by atomic mass is 9.83. The topological polar surface area (TPSA) is 29.5 Å². The molecule has 1 amide bonds. The van der Waals surface area contributed by atoms with E-state index >= 15 is 0 Å². The predicted molar refractivity (Wildman–Crippen MR) is 102 cm³/mol. The van der Waals surface area contributed by atoms with Crippen molar-refractivity contribution < 1.29 is 9.53 Å². The Morgan fingerprint density at radius 2 is 1.71 bits per heavy atom. The van der Waals surface area contributed by atoms with Gasteiger partial charge in [0.1, 0.15) is 11.4 Å². The van der Waals surface area contributed by atoms with E-state index in [1.807, 2.05) is 35.2 Å². The summed E-state index contributed by atoms with van der Waals surface area (Å²) in [6.07, 6.45) is 3.95. The van der Waals surface area contributed by atoms with Crippen LogP contribution < -0.4 is 4.74 Å². The zero-order valence-electron chi connectivity index (χ0n) is 13.5. The molecule has 24 heavy (non-hydrogen) atoms. The van der Waals surface area contributed by atoms with Crippen LogP contribution in [0.4, 0.5) is 0 Å². The van der Waals surface area contributed by atoms with Crippen LogP contribution >= 0.6 is 22.6 Å². The van der Waals surface area contributed by atoms with Gasteiger partial charge in [-0.2, -0.15) is 0 Å². The van der Waals surface area contributed by atoms with Crippen LogP contribution in [0.15, 0.2) is 48.5 Å². The van der Waals surface area contributed by atoms with Crippen molar-refractivity contribution in [3.8, 4) is 5.75 Å². The summed E-state index contributed by atoms with van der Waals surface area (Å²) >= 11 is 2.24. The number of rotatable bonds is 1. The second kappa shape index (κ2) is 6.39. The van der Waals surface area contributed by atoms with Crippen molar-refractivity contribution in [2.75, 3.05) is 13.1 Å². The van der Waals surface area contributed by atoms with E-state index in [2.05, 4.69) is 40.8 Å². The highest BCUT2D eigenvalue weighted by Gasteiger charge is 2.40. The molecule has 0 N–H and O–H groups in total. The van der Waals surface area contributed by atoms with Crippen molar-refractivity contribution in [1.29, 1.82) is 0 Å². The molecule has 1 fully saturated rings. The molecule has 1 saturated heterocycles. The van der Waals surface area contributed by atoms with Gasteiger partial charge in [-0.05, 0) is 59.2 Å². The quantitative estimate of drug-likeness (QED) is 0.629. The van der Waals surface area contributed by atoms with Gasteiger partial charge in [-0.3, -0.25) is 4.79 Å². The third-order valence-corrected chi connectivity index (χ3v) is 6.16. The van der Waals surface area contributed by atoms with Gasteiger partial charge in [-0.15, -0.1) is 0 Å². The van der Waals surface area contributed by atoms with Crippen molar-refractivity contribution in [2.24, 2.45) is 0 Å². The summed E-state index contributed by atoms with van der Waals surface area (Å²) in [7, 11) is 0. The van der Waals surface area contributed by atoms with Crippen molar-refractivity contribution in [2.45, 2.75) is 31.3 Å². The molecule has 0 saturated carbocycles. The average Bonchev–Trinajstić information content (AvgIpc) is 2.62. The number of carbonyl (C=O) groups excluding carboxylic acids is 1. The van der Waals surface area contributed by atoms with Crippen LogP contribution in [0.5, 0.6) is 5.75 Å². The fraction of sp³-hybridized carbons (Fsp3) is 0.350. The van der Waals surface area contributed by atoms with Crippen LogP contribution in [0, 0.1) is 3.57 Å². The molecule has 2 aliphatic rings. The minimum absolute atomic E-state index is 0.0883. The molecule has 0 aromatic heterocycles. The molecule has 4 heteroatoms. The summed E-state index contributed by atoms with van der Waals surface area (Å²) in [5.74, 6) is 1.17. The first-order valence-corrected chi connectivity index (χ1v) is 9.56. The first kappa shape index (κ1) is 15.9. The van der Waals surface area contributed by atoms with Crippen molar-refractivity contribution in [3.63, 3.8) is 0 Å². The fourth-order valence-corrected chi connectivity index (χ4v) is 4.35. The van der Waals surface area contributed by atoms with E-state index in [1.54, 1.807) is 0 Å². The van der Waals surface area contributed by atoms with E-state index in [9.17, 15) is 4.79 Å². The van der Waals surface area contributed by atoms with Crippen LogP contribution in [-0.2, 0) is 6.42 Å². The zero-order valence-corrected chi connectivity index (χ0v) is 15.7. The van der Waals surface area contributed by atoms with Gasteiger partial charge in [0.2, 0.25) is 0 Å². The molecule has 0 aliphatic carbocycles. The first-order valence-electron chi connectivity index (χ1n) is 8.48.